The van der Waals surface area contributed by atoms with Crippen molar-refractivity contribution in [2.75, 3.05) is 5.75 Å². The van der Waals surface area contributed by atoms with E-state index in [1.807, 2.05) is 0 Å². The number of aryl methyl sites for hydroxylation is 1. The lowest BCUT2D eigenvalue weighted by Crippen LogP contribution is -2.12. The zero-order chi connectivity index (χ0) is 12.0. The first-order valence-electron chi connectivity index (χ1n) is 5.87. The van der Waals surface area contributed by atoms with Crippen molar-refractivity contribution in [2.45, 2.75) is 51.5 Å². The molecule has 0 saturated carbocycles. The predicted octanol–water partition coefficient (Wildman–Crippen LogP) is 2.25. The average molecular weight is 243 g/mol. The van der Waals surface area contributed by atoms with Crippen molar-refractivity contribution in [2.24, 2.45) is 0 Å². The smallest absolute Gasteiger partial charge is 0.106 e. The molecule has 0 aliphatic rings. The molecule has 1 N–H and O–H groups in total. The highest BCUT2D eigenvalue weighted by molar-refractivity contribution is 7.99. The molecule has 1 heterocycles. The minimum atomic E-state index is -0.458. The van der Waals surface area contributed by atoms with Gasteiger partial charge in [-0.05, 0) is 12.8 Å². The van der Waals surface area contributed by atoms with Crippen LogP contribution in [0.5, 0.6) is 0 Å². The topological polar surface area (TPSA) is 50.9 Å². The van der Waals surface area contributed by atoms with Crippen molar-refractivity contribution < 1.29 is 5.11 Å². The Kier molecular flexibility index (Phi) is 5.84. The van der Waals surface area contributed by atoms with Crippen LogP contribution < -0.4 is 0 Å². The van der Waals surface area contributed by atoms with Crippen molar-refractivity contribution in [3.05, 3.63) is 11.9 Å². The van der Waals surface area contributed by atoms with Crippen LogP contribution in [0.25, 0.3) is 0 Å². The Balaban J connectivity index is 2.51. The molecule has 0 bridgehead atoms. The lowest BCUT2D eigenvalue weighted by atomic mass is 10.3. The summed E-state index contributed by atoms with van der Waals surface area (Å²) >= 11 is 1.79. The van der Waals surface area contributed by atoms with Crippen molar-refractivity contribution in [1.29, 1.82) is 0 Å². The summed E-state index contributed by atoms with van der Waals surface area (Å²) in [6, 6.07) is 0. The quantitative estimate of drug-likeness (QED) is 0.798. The zero-order valence-corrected chi connectivity index (χ0v) is 11.1. The second-order valence-electron chi connectivity index (χ2n) is 3.95. The summed E-state index contributed by atoms with van der Waals surface area (Å²) in [6.45, 7) is 7.25. The number of aliphatic hydroxyl groups excluding tert-OH is 1. The zero-order valence-electron chi connectivity index (χ0n) is 10.3. The number of thioether (sulfide) groups is 1. The summed E-state index contributed by atoms with van der Waals surface area (Å²) in [4.78, 5) is 0. The van der Waals surface area contributed by atoms with Gasteiger partial charge in [0.1, 0.15) is 6.10 Å². The molecule has 0 aliphatic carbocycles. The third-order valence-corrected chi connectivity index (χ3v) is 3.95. The first-order valence-corrected chi connectivity index (χ1v) is 6.91. The van der Waals surface area contributed by atoms with E-state index in [1.165, 1.54) is 0 Å². The lowest BCUT2D eigenvalue weighted by Gasteiger charge is -2.14. The molecule has 16 heavy (non-hydrogen) atoms. The minimum Gasteiger partial charge on any atom is -0.386 e. The maximum absolute atomic E-state index is 10.0. The van der Waals surface area contributed by atoms with Gasteiger partial charge in [-0.15, -0.1) is 5.10 Å². The summed E-state index contributed by atoms with van der Waals surface area (Å²) < 4.78 is 1.79. The lowest BCUT2D eigenvalue weighted by molar-refractivity contribution is 0.191. The fraction of sp³-hybridized carbons (Fsp3) is 0.818. The normalized spacial score (nSPS) is 15.0. The van der Waals surface area contributed by atoms with Crippen LogP contribution >= 0.6 is 11.8 Å². The Morgan fingerprint density at radius 1 is 1.50 bits per heavy atom. The molecule has 4 nitrogen and oxygen atoms in total. The van der Waals surface area contributed by atoms with Gasteiger partial charge in [0.15, 0.2) is 0 Å². The van der Waals surface area contributed by atoms with Crippen LogP contribution in [-0.4, -0.2) is 31.1 Å². The fourth-order valence-electron chi connectivity index (χ4n) is 1.37. The van der Waals surface area contributed by atoms with Crippen LogP contribution in [0.3, 0.4) is 0 Å². The SMILES string of the molecule is CCCn1nncc1C(O)CSC(C)CC. The maximum atomic E-state index is 10.0. The first kappa shape index (κ1) is 13.5. The third kappa shape index (κ3) is 3.79. The number of aromatic nitrogens is 3. The molecule has 2 atom stereocenters. The largest absolute Gasteiger partial charge is 0.386 e. The molecule has 0 amide bonds. The van der Waals surface area contributed by atoms with Crippen LogP contribution in [0.2, 0.25) is 0 Å². The number of hydrogen-bond acceptors (Lipinski definition) is 4. The molecule has 92 valence electrons. The van der Waals surface area contributed by atoms with Crippen molar-refractivity contribution in [3.8, 4) is 0 Å². The van der Waals surface area contributed by atoms with E-state index in [0.29, 0.717) is 11.0 Å². The Morgan fingerprint density at radius 3 is 2.88 bits per heavy atom. The molecule has 1 aromatic rings. The number of nitrogens with zero attached hydrogens (tertiary/aromatic N) is 3. The molecule has 5 heteroatoms. The van der Waals surface area contributed by atoms with Crippen LogP contribution in [0.15, 0.2) is 6.20 Å². The van der Waals surface area contributed by atoms with Crippen molar-refractivity contribution in [1.82, 2.24) is 15.0 Å². The monoisotopic (exact) mass is 243 g/mol. The van der Waals surface area contributed by atoms with Crippen LogP contribution in [0, 0.1) is 0 Å². The highest BCUT2D eigenvalue weighted by atomic mass is 32.2. The molecule has 0 radical (unpaired) electrons. The van der Waals surface area contributed by atoms with Gasteiger partial charge in [0.2, 0.25) is 0 Å². The molecule has 0 aliphatic heterocycles. The summed E-state index contributed by atoms with van der Waals surface area (Å²) in [5, 5.41) is 18.5. The summed E-state index contributed by atoms with van der Waals surface area (Å²) in [7, 11) is 0. The molecule has 1 aromatic heterocycles. The fourth-order valence-corrected chi connectivity index (χ4v) is 2.29. The van der Waals surface area contributed by atoms with E-state index in [1.54, 1.807) is 22.6 Å². The summed E-state index contributed by atoms with van der Waals surface area (Å²) in [6.07, 6.45) is 3.34. The van der Waals surface area contributed by atoms with E-state index >= 15 is 0 Å². The van der Waals surface area contributed by atoms with Crippen molar-refractivity contribution in [3.63, 3.8) is 0 Å². The van der Waals surface area contributed by atoms with Gasteiger partial charge in [-0.2, -0.15) is 11.8 Å². The summed E-state index contributed by atoms with van der Waals surface area (Å²) in [5.41, 5.74) is 0.831. The molecule has 2 unspecified atom stereocenters. The second-order valence-corrected chi connectivity index (χ2v) is 5.42. The van der Waals surface area contributed by atoms with E-state index < -0.39 is 6.10 Å². The number of hydrogen-bond donors (Lipinski definition) is 1. The van der Waals surface area contributed by atoms with Gasteiger partial charge in [0.25, 0.3) is 0 Å². The van der Waals surface area contributed by atoms with Crippen LogP contribution in [0.4, 0.5) is 0 Å². The third-order valence-electron chi connectivity index (χ3n) is 2.54. The molecule has 0 spiro atoms. The van der Waals surface area contributed by atoms with Crippen molar-refractivity contribution >= 4 is 11.8 Å². The average Bonchev–Trinajstić information content (AvgIpc) is 2.74. The van der Waals surface area contributed by atoms with Gasteiger partial charge in [-0.1, -0.05) is 26.0 Å². The van der Waals surface area contributed by atoms with Crippen LogP contribution in [0.1, 0.15) is 45.4 Å². The van der Waals surface area contributed by atoms with Gasteiger partial charge in [0.05, 0.1) is 11.9 Å². The molecule has 0 fully saturated rings. The van der Waals surface area contributed by atoms with Gasteiger partial charge >= 0.3 is 0 Å². The van der Waals surface area contributed by atoms with E-state index in [0.717, 1.165) is 25.1 Å². The maximum Gasteiger partial charge on any atom is 0.106 e. The predicted molar refractivity (Wildman–Crippen MR) is 67.5 cm³/mol. The Labute approximate surface area is 101 Å². The van der Waals surface area contributed by atoms with E-state index in [4.69, 9.17) is 0 Å². The molecule has 0 aromatic carbocycles. The molecular weight excluding hydrogens is 222 g/mol. The summed E-state index contributed by atoms with van der Waals surface area (Å²) in [5.74, 6) is 0.714. The standard InChI is InChI=1S/C11H21N3OS/c1-4-6-14-10(7-12-13-14)11(15)8-16-9(3)5-2/h7,9,11,15H,4-6,8H2,1-3H3. The second kappa shape index (κ2) is 6.91. The highest BCUT2D eigenvalue weighted by Gasteiger charge is 2.14. The van der Waals surface area contributed by atoms with Gasteiger partial charge in [0, 0.05) is 17.5 Å². The Morgan fingerprint density at radius 2 is 2.25 bits per heavy atom. The van der Waals surface area contributed by atoms with Gasteiger partial charge in [-0.3, -0.25) is 0 Å². The van der Waals surface area contributed by atoms with Crippen LogP contribution in [-0.2, 0) is 6.54 Å². The minimum absolute atomic E-state index is 0.458. The molecule has 1 rings (SSSR count). The Bertz CT molecular complexity index is 303. The molecular formula is C11H21N3OS. The van der Waals surface area contributed by atoms with E-state index in [-0.39, 0.29) is 0 Å². The first-order chi connectivity index (χ1) is 7.69. The highest BCUT2D eigenvalue weighted by Crippen LogP contribution is 2.22. The Hall–Kier alpha value is -0.550. The van der Waals surface area contributed by atoms with Gasteiger partial charge < -0.3 is 5.11 Å². The van der Waals surface area contributed by atoms with Gasteiger partial charge in [-0.25, -0.2) is 4.68 Å². The molecule has 0 saturated heterocycles. The number of aliphatic hydroxyl groups is 1. The number of rotatable bonds is 7. The van der Waals surface area contributed by atoms with E-state index in [9.17, 15) is 5.11 Å². The van der Waals surface area contributed by atoms with E-state index in [2.05, 4.69) is 31.1 Å².